The molecule has 1 aromatic carbocycles. The van der Waals surface area contributed by atoms with E-state index in [0.717, 1.165) is 10.2 Å². The first-order chi connectivity index (χ1) is 7.20. The second-order valence-electron chi connectivity index (χ2n) is 3.01. The third-order valence-electron chi connectivity index (χ3n) is 1.96. The standard InChI is InChI=1S/C10H8BrClN2O/c11-7-1-2-10(9(12)5-7)14-4-3-8(6-15)13-14/h1-5,15H,6H2. The van der Waals surface area contributed by atoms with E-state index in [1.165, 1.54) is 0 Å². The number of rotatable bonds is 2. The van der Waals surface area contributed by atoms with Gasteiger partial charge in [0.2, 0.25) is 0 Å². The van der Waals surface area contributed by atoms with Gasteiger partial charge >= 0.3 is 0 Å². The van der Waals surface area contributed by atoms with Crippen LogP contribution < -0.4 is 0 Å². The van der Waals surface area contributed by atoms with Crippen LogP contribution in [0, 0.1) is 0 Å². The summed E-state index contributed by atoms with van der Waals surface area (Å²) in [6.07, 6.45) is 1.76. The van der Waals surface area contributed by atoms with Crippen LogP contribution in [0.4, 0.5) is 0 Å². The predicted molar refractivity (Wildman–Crippen MR) is 62.2 cm³/mol. The molecule has 78 valence electrons. The fourth-order valence-corrected chi connectivity index (χ4v) is 2.01. The van der Waals surface area contributed by atoms with Gasteiger partial charge in [0.25, 0.3) is 0 Å². The molecule has 0 saturated carbocycles. The summed E-state index contributed by atoms with van der Waals surface area (Å²) in [7, 11) is 0. The van der Waals surface area contributed by atoms with Crippen molar-refractivity contribution in [2.75, 3.05) is 0 Å². The average Bonchev–Trinajstić information content (AvgIpc) is 2.66. The Morgan fingerprint density at radius 3 is 2.80 bits per heavy atom. The highest BCUT2D eigenvalue weighted by atomic mass is 79.9. The molecule has 2 rings (SSSR count). The molecule has 0 spiro atoms. The molecule has 2 aromatic rings. The molecule has 0 bridgehead atoms. The number of benzene rings is 1. The molecule has 1 heterocycles. The van der Waals surface area contributed by atoms with E-state index < -0.39 is 0 Å². The van der Waals surface area contributed by atoms with Crippen molar-refractivity contribution in [2.45, 2.75) is 6.61 Å². The lowest BCUT2D eigenvalue weighted by molar-refractivity contribution is 0.276. The molecule has 3 nitrogen and oxygen atoms in total. The van der Waals surface area contributed by atoms with Crippen LogP contribution in [0.15, 0.2) is 34.9 Å². The molecule has 0 aliphatic carbocycles. The molecule has 1 aromatic heterocycles. The Morgan fingerprint density at radius 2 is 2.20 bits per heavy atom. The Balaban J connectivity index is 2.44. The normalized spacial score (nSPS) is 10.6. The van der Waals surface area contributed by atoms with Gasteiger partial charge in [0, 0.05) is 10.7 Å². The van der Waals surface area contributed by atoms with Crippen LogP contribution in [0.25, 0.3) is 5.69 Å². The van der Waals surface area contributed by atoms with Crippen molar-refractivity contribution in [2.24, 2.45) is 0 Å². The smallest absolute Gasteiger partial charge is 0.0883 e. The molecule has 0 atom stereocenters. The minimum atomic E-state index is -0.0683. The van der Waals surface area contributed by atoms with E-state index in [1.807, 2.05) is 12.1 Å². The number of nitrogens with zero attached hydrogens (tertiary/aromatic N) is 2. The Kier molecular flexibility index (Phi) is 3.09. The van der Waals surface area contributed by atoms with Gasteiger partial charge in [-0.1, -0.05) is 27.5 Å². The number of halogens is 2. The van der Waals surface area contributed by atoms with Gasteiger partial charge in [0.05, 0.1) is 23.0 Å². The van der Waals surface area contributed by atoms with E-state index in [4.69, 9.17) is 16.7 Å². The summed E-state index contributed by atoms with van der Waals surface area (Å²) in [6.45, 7) is -0.0683. The topological polar surface area (TPSA) is 38.0 Å². The summed E-state index contributed by atoms with van der Waals surface area (Å²) in [5, 5.41) is 13.7. The largest absolute Gasteiger partial charge is 0.390 e. The Labute approximate surface area is 100 Å². The van der Waals surface area contributed by atoms with E-state index in [0.29, 0.717) is 10.7 Å². The van der Waals surface area contributed by atoms with Crippen LogP contribution in [0.3, 0.4) is 0 Å². The van der Waals surface area contributed by atoms with Gasteiger partial charge in [0.1, 0.15) is 0 Å². The first-order valence-electron chi connectivity index (χ1n) is 4.31. The Morgan fingerprint density at radius 1 is 1.40 bits per heavy atom. The molecule has 0 aliphatic rings. The van der Waals surface area contributed by atoms with Gasteiger partial charge in [-0.3, -0.25) is 0 Å². The molecule has 0 amide bonds. The van der Waals surface area contributed by atoms with Crippen LogP contribution in [0.5, 0.6) is 0 Å². The van der Waals surface area contributed by atoms with E-state index in [9.17, 15) is 0 Å². The number of hydrogen-bond acceptors (Lipinski definition) is 2. The number of aromatic nitrogens is 2. The molecule has 1 N–H and O–H groups in total. The Bertz CT molecular complexity index is 484. The van der Waals surface area contributed by atoms with Gasteiger partial charge in [-0.25, -0.2) is 4.68 Å². The molecule has 15 heavy (non-hydrogen) atoms. The molecule has 0 fully saturated rings. The minimum Gasteiger partial charge on any atom is -0.390 e. The van der Waals surface area contributed by atoms with Crippen LogP contribution >= 0.6 is 27.5 Å². The highest BCUT2D eigenvalue weighted by molar-refractivity contribution is 9.10. The van der Waals surface area contributed by atoms with Gasteiger partial charge in [0.15, 0.2) is 0 Å². The van der Waals surface area contributed by atoms with Gasteiger partial charge in [-0.2, -0.15) is 5.10 Å². The lowest BCUT2D eigenvalue weighted by Crippen LogP contribution is -1.97. The van der Waals surface area contributed by atoms with Crippen molar-refractivity contribution in [3.05, 3.63) is 45.7 Å². The first kappa shape index (κ1) is 10.7. The zero-order valence-corrected chi connectivity index (χ0v) is 10.0. The molecule has 5 heteroatoms. The molecular weight excluding hydrogens is 279 g/mol. The quantitative estimate of drug-likeness (QED) is 0.922. The minimum absolute atomic E-state index is 0.0683. The van der Waals surface area contributed by atoms with Crippen LogP contribution in [0.1, 0.15) is 5.69 Å². The van der Waals surface area contributed by atoms with E-state index in [1.54, 1.807) is 23.0 Å². The third kappa shape index (κ3) is 2.22. The van der Waals surface area contributed by atoms with Crippen molar-refractivity contribution in [3.63, 3.8) is 0 Å². The van der Waals surface area contributed by atoms with Gasteiger partial charge in [-0.15, -0.1) is 0 Å². The first-order valence-corrected chi connectivity index (χ1v) is 5.48. The summed E-state index contributed by atoms with van der Waals surface area (Å²) in [5.41, 5.74) is 1.41. The van der Waals surface area contributed by atoms with Crippen molar-refractivity contribution in [1.82, 2.24) is 9.78 Å². The summed E-state index contributed by atoms with van der Waals surface area (Å²) in [4.78, 5) is 0. The van der Waals surface area contributed by atoms with Gasteiger partial charge < -0.3 is 5.11 Å². The van der Waals surface area contributed by atoms with E-state index in [2.05, 4.69) is 21.0 Å². The van der Waals surface area contributed by atoms with Crippen LogP contribution in [-0.4, -0.2) is 14.9 Å². The molecular formula is C10H8BrClN2O. The summed E-state index contributed by atoms with van der Waals surface area (Å²) in [6, 6.07) is 7.30. The highest BCUT2D eigenvalue weighted by Gasteiger charge is 2.05. The van der Waals surface area contributed by atoms with Crippen LogP contribution in [-0.2, 0) is 6.61 Å². The van der Waals surface area contributed by atoms with E-state index in [-0.39, 0.29) is 6.61 Å². The third-order valence-corrected chi connectivity index (χ3v) is 2.76. The summed E-state index contributed by atoms with van der Waals surface area (Å²) in [5.74, 6) is 0. The molecule has 0 radical (unpaired) electrons. The lowest BCUT2D eigenvalue weighted by atomic mass is 10.3. The molecule has 0 aliphatic heterocycles. The van der Waals surface area contributed by atoms with Gasteiger partial charge in [-0.05, 0) is 24.3 Å². The van der Waals surface area contributed by atoms with Crippen molar-refractivity contribution in [3.8, 4) is 5.69 Å². The second-order valence-corrected chi connectivity index (χ2v) is 4.33. The predicted octanol–water partition coefficient (Wildman–Crippen LogP) is 2.78. The average molecular weight is 288 g/mol. The second kappa shape index (κ2) is 4.35. The fraction of sp³-hybridized carbons (Fsp3) is 0.100. The van der Waals surface area contributed by atoms with Crippen LogP contribution in [0.2, 0.25) is 5.02 Å². The highest BCUT2D eigenvalue weighted by Crippen LogP contribution is 2.24. The van der Waals surface area contributed by atoms with Crippen molar-refractivity contribution in [1.29, 1.82) is 0 Å². The SMILES string of the molecule is OCc1ccn(-c2ccc(Br)cc2Cl)n1. The monoisotopic (exact) mass is 286 g/mol. The fourth-order valence-electron chi connectivity index (χ4n) is 1.25. The maximum Gasteiger partial charge on any atom is 0.0883 e. The molecule has 0 unspecified atom stereocenters. The Hall–Kier alpha value is -0.840. The lowest BCUT2D eigenvalue weighted by Gasteiger charge is -2.04. The van der Waals surface area contributed by atoms with E-state index >= 15 is 0 Å². The zero-order chi connectivity index (χ0) is 10.8. The zero-order valence-electron chi connectivity index (χ0n) is 7.69. The maximum atomic E-state index is 8.89. The summed E-state index contributed by atoms with van der Waals surface area (Å²) < 4.78 is 2.56. The van der Waals surface area contributed by atoms with Crippen molar-refractivity contribution < 1.29 is 5.11 Å². The summed E-state index contributed by atoms with van der Waals surface area (Å²) >= 11 is 9.40. The van der Waals surface area contributed by atoms with Crippen molar-refractivity contribution >= 4 is 27.5 Å². The number of hydrogen-bond donors (Lipinski definition) is 1. The number of aliphatic hydroxyl groups is 1. The molecule has 0 saturated heterocycles. The number of aliphatic hydroxyl groups excluding tert-OH is 1. The maximum absolute atomic E-state index is 8.89.